The summed E-state index contributed by atoms with van der Waals surface area (Å²) in [5.74, 6) is 2.01. The first-order valence-electron chi connectivity index (χ1n) is 4.72. The third-order valence-electron chi connectivity index (χ3n) is 3.18. The van der Waals surface area contributed by atoms with Crippen LogP contribution in [0.3, 0.4) is 0 Å². The average molecular weight is 158 g/mol. The molecule has 62 valence electrons. The minimum Gasteiger partial charge on any atom is -0.876 e. The topological polar surface area (TPSA) is 23.1 Å². The Bertz CT molecular complexity index is 177. The van der Waals surface area contributed by atoms with Gasteiger partial charge < -0.3 is 5.11 Å². The molecule has 2 atom stereocenters. The molecule has 0 aromatic rings. The summed E-state index contributed by atoms with van der Waals surface area (Å²) in [5.41, 5.74) is 0. The Morgan fingerprint density at radius 3 is 2.58 bits per heavy atom. The Morgan fingerprint density at radius 1 is 1.17 bits per heavy atom. The molecule has 1 saturated carbocycles. The average Bonchev–Trinajstić information content (AvgIpc) is 2.04. The molecule has 2 rings (SSSR count). The van der Waals surface area contributed by atoms with E-state index in [0.717, 1.165) is 24.7 Å². The first kappa shape index (κ1) is 10.2. The predicted molar refractivity (Wildman–Crippen MR) is 42.8 cm³/mol. The molecule has 2 aliphatic rings. The largest absolute Gasteiger partial charge is 1.00 e. The van der Waals surface area contributed by atoms with Gasteiger partial charge in [0.1, 0.15) is 0 Å². The summed E-state index contributed by atoms with van der Waals surface area (Å²) in [5, 5.41) is 11.1. The quantitative estimate of drug-likeness (QED) is 0.408. The summed E-state index contributed by atoms with van der Waals surface area (Å²) in [6.07, 6.45) is 9.26. The van der Waals surface area contributed by atoms with Crippen molar-refractivity contribution in [2.45, 2.75) is 38.5 Å². The van der Waals surface area contributed by atoms with Gasteiger partial charge in [0.2, 0.25) is 0 Å². The molecular weight excluding hydrogens is 143 g/mol. The van der Waals surface area contributed by atoms with Crippen molar-refractivity contribution >= 4 is 0 Å². The number of hydrogen-bond acceptors (Lipinski definition) is 1. The molecule has 0 N–H and O–H groups in total. The summed E-state index contributed by atoms with van der Waals surface area (Å²) in [6, 6.07) is 0. The SMILES string of the molecule is [Li+].[O-]C1=CC[C@@H]2CCCC[C@H]2C1. The number of allylic oxidation sites excluding steroid dienone is 2. The van der Waals surface area contributed by atoms with Crippen LogP contribution >= 0.6 is 0 Å². The van der Waals surface area contributed by atoms with Crippen LogP contribution in [0.1, 0.15) is 38.5 Å². The summed E-state index contributed by atoms with van der Waals surface area (Å²) in [6.45, 7) is 0. The molecule has 0 radical (unpaired) electrons. The van der Waals surface area contributed by atoms with E-state index in [9.17, 15) is 5.11 Å². The van der Waals surface area contributed by atoms with E-state index in [4.69, 9.17) is 0 Å². The molecule has 2 heteroatoms. The number of fused-ring (bicyclic) bond motifs is 1. The van der Waals surface area contributed by atoms with Crippen molar-refractivity contribution in [1.82, 2.24) is 0 Å². The molecule has 0 aromatic heterocycles. The van der Waals surface area contributed by atoms with E-state index in [2.05, 4.69) is 0 Å². The minimum absolute atomic E-state index is 0. The van der Waals surface area contributed by atoms with Gasteiger partial charge in [-0.15, -0.1) is 5.76 Å². The standard InChI is InChI=1S/C10H16O.Li/c11-10-6-5-8-3-1-2-4-9(8)7-10;/h6,8-9,11H,1-5,7H2;/q;+1/p-1/t8-,9-;/m0./s1. The van der Waals surface area contributed by atoms with Crippen molar-refractivity contribution < 1.29 is 24.0 Å². The monoisotopic (exact) mass is 158 g/mol. The minimum atomic E-state index is 0. The molecular formula is C10H15LiO. The maximum Gasteiger partial charge on any atom is 1.00 e. The van der Waals surface area contributed by atoms with Crippen molar-refractivity contribution in [2.24, 2.45) is 11.8 Å². The Hall–Kier alpha value is 0.137. The van der Waals surface area contributed by atoms with Crippen LogP contribution in [0, 0.1) is 11.8 Å². The van der Waals surface area contributed by atoms with Crippen LogP contribution in [0.25, 0.3) is 0 Å². The first-order chi connectivity index (χ1) is 5.36. The maximum absolute atomic E-state index is 11.1. The van der Waals surface area contributed by atoms with Gasteiger partial charge in [-0.25, -0.2) is 0 Å². The smallest absolute Gasteiger partial charge is 0.876 e. The summed E-state index contributed by atoms with van der Waals surface area (Å²) >= 11 is 0. The fourth-order valence-electron chi connectivity index (χ4n) is 2.49. The Labute approximate surface area is 86.4 Å². The molecule has 0 saturated heterocycles. The first-order valence-corrected chi connectivity index (χ1v) is 4.72. The Balaban J connectivity index is 0.000000720. The van der Waals surface area contributed by atoms with E-state index in [0.29, 0.717) is 5.76 Å². The van der Waals surface area contributed by atoms with Gasteiger partial charge in [0.15, 0.2) is 0 Å². The second kappa shape index (κ2) is 4.40. The fourth-order valence-corrected chi connectivity index (χ4v) is 2.49. The number of rotatable bonds is 0. The second-order valence-electron chi connectivity index (χ2n) is 3.91. The Kier molecular flexibility index (Phi) is 3.74. The zero-order valence-corrected chi connectivity index (χ0v) is 7.88. The van der Waals surface area contributed by atoms with Crippen molar-refractivity contribution in [3.63, 3.8) is 0 Å². The van der Waals surface area contributed by atoms with Gasteiger partial charge >= 0.3 is 18.9 Å². The van der Waals surface area contributed by atoms with Crippen LogP contribution < -0.4 is 24.0 Å². The molecule has 1 fully saturated rings. The van der Waals surface area contributed by atoms with Gasteiger partial charge in [0.25, 0.3) is 0 Å². The molecule has 0 amide bonds. The zero-order valence-electron chi connectivity index (χ0n) is 7.88. The van der Waals surface area contributed by atoms with E-state index >= 15 is 0 Å². The van der Waals surface area contributed by atoms with Crippen LogP contribution in [-0.2, 0) is 0 Å². The predicted octanol–water partition coefficient (Wildman–Crippen LogP) is -1.17. The summed E-state index contributed by atoms with van der Waals surface area (Å²) in [7, 11) is 0. The Morgan fingerprint density at radius 2 is 1.83 bits per heavy atom. The van der Waals surface area contributed by atoms with Crippen LogP contribution in [0.15, 0.2) is 11.8 Å². The molecule has 0 aliphatic heterocycles. The molecule has 12 heavy (non-hydrogen) atoms. The summed E-state index contributed by atoms with van der Waals surface area (Å²) in [4.78, 5) is 0. The van der Waals surface area contributed by atoms with E-state index in [1.165, 1.54) is 25.7 Å². The maximum atomic E-state index is 11.1. The van der Waals surface area contributed by atoms with Crippen molar-refractivity contribution in [2.75, 3.05) is 0 Å². The summed E-state index contributed by atoms with van der Waals surface area (Å²) < 4.78 is 0. The molecule has 0 heterocycles. The van der Waals surface area contributed by atoms with Gasteiger partial charge in [0, 0.05) is 0 Å². The molecule has 0 bridgehead atoms. The fraction of sp³-hybridized carbons (Fsp3) is 0.800. The third kappa shape index (κ3) is 2.09. The van der Waals surface area contributed by atoms with Crippen LogP contribution in [0.2, 0.25) is 0 Å². The van der Waals surface area contributed by atoms with Gasteiger partial charge in [-0.1, -0.05) is 18.9 Å². The second-order valence-corrected chi connectivity index (χ2v) is 3.91. The van der Waals surface area contributed by atoms with Crippen LogP contribution in [-0.4, -0.2) is 0 Å². The molecule has 0 aromatic carbocycles. The molecule has 1 nitrogen and oxygen atoms in total. The van der Waals surface area contributed by atoms with Crippen LogP contribution in [0.4, 0.5) is 0 Å². The molecule has 2 aliphatic carbocycles. The zero-order chi connectivity index (χ0) is 7.68. The van der Waals surface area contributed by atoms with Gasteiger partial charge in [-0.05, 0) is 37.5 Å². The molecule has 0 spiro atoms. The van der Waals surface area contributed by atoms with Crippen molar-refractivity contribution in [3.05, 3.63) is 11.8 Å². The van der Waals surface area contributed by atoms with E-state index in [1.54, 1.807) is 0 Å². The van der Waals surface area contributed by atoms with Gasteiger partial charge in [-0.2, -0.15) is 0 Å². The van der Waals surface area contributed by atoms with Crippen molar-refractivity contribution in [3.8, 4) is 0 Å². The van der Waals surface area contributed by atoms with Gasteiger partial charge in [-0.3, -0.25) is 0 Å². The normalized spacial score (nSPS) is 34.5. The van der Waals surface area contributed by atoms with E-state index < -0.39 is 0 Å². The number of hydrogen-bond donors (Lipinski definition) is 0. The van der Waals surface area contributed by atoms with E-state index in [-0.39, 0.29) is 18.9 Å². The van der Waals surface area contributed by atoms with Gasteiger partial charge in [0.05, 0.1) is 0 Å². The molecule has 0 unspecified atom stereocenters. The third-order valence-corrected chi connectivity index (χ3v) is 3.18. The van der Waals surface area contributed by atoms with E-state index in [1.807, 2.05) is 6.08 Å². The van der Waals surface area contributed by atoms with Crippen molar-refractivity contribution in [1.29, 1.82) is 0 Å². The van der Waals surface area contributed by atoms with Crippen LogP contribution in [0.5, 0.6) is 0 Å².